The summed E-state index contributed by atoms with van der Waals surface area (Å²) in [5, 5.41) is 12.3. The van der Waals surface area contributed by atoms with E-state index in [1.54, 1.807) is 32.0 Å². The highest BCUT2D eigenvalue weighted by Crippen LogP contribution is 2.19. The van der Waals surface area contributed by atoms with Gasteiger partial charge in [0.25, 0.3) is 5.91 Å². The van der Waals surface area contributed by atoms with E-state index in [1.165, 1.54) is 0 Å². The third-order valence-corrected chi connectivity index (χ3v) is 2.45. The molecule has 1 aromatic rings. The van der Waals surface area contributed by atoms with Crippen LogP contribution in [-0.4, -0.2) is 23.2 Å². The normalized spacial score (nSPS) is 14.1. The lowest BCUT2D eigenvalue weighted by Gasteiger charge is -2.17. The number of aliphatic hydroxyl groups excluding tert-OH is 1. The van der Waals surface area contributed by atoms with Gasteiger partial charge in [-0.3, -0.25) is 4.79 Å². The Hall–Kier alpha value is -1.55. The first kappa shape index (κ1) is 14.5. The number of carbonyl (C=O) groups excluding carboxylic acids is 1. The Balaban J connectivity index is 2.66. The molecule has 1 rings (SSSR count). The molecule has 0 aliphatic heterocycles. The average molecular weight is 251 g/mol. The fraction of sp³-hybridized carbons (Fsp3) is 0.500. The summed E-state index contributed by atoms with van der Waals surface area (Å²) in [5.41, 5.74) is 0.768. The van der Waals surface area contributed by atoms with Gasteiger partial charge in [0.2, 0.25) is 0 Å². The summed E-state index contributed by atoms with van der Waals surface area (Å²) in [7, 11) is 0. The molecule has 0 saturated carbocycles. The van der Waals surface area contributed by atoms with E-state index in [-0.39, 0.29) is 11.9 Å². The highest BCUT2D eigenvalue weighted by Gasteiger charge is 2.15. The van der Waals surface area contributed by atoms with Crippen LogP contribution in [-0.2, 0) is 4.79 Å². The second-order valence-electron chi connectivity index (χ2n) is 4.67. The SMILES string of the molecule is CC(C)NC(=O)C(C)Oc1cccc([C@@H](C)O)c1. The summed E-state index contributed by atoms with van der Waals surface area (Å²) in [6.45, 7) is 7.19. The molecule has 0 heterocycles. The lowest BCUT2D eigenvalue weighted by molar-refractivity contribution is -0.127. The van der Waals surface area contributed by atoms with Crippen molar-refractivity contribution in [3.63, 3.8) is 0 Å². The predicted molar refractivity (Wildman–Crippen MR) is 70.4 cm³/mol. The highest BCUT2D eigenvalue weighted by atomic mass is 16.5. The maximum absolute atomic E-state index is 11.7. The zero-order valence-corrected chi connectivity index (χ0v) is 11.3. The lowest BCUT2D eigenvalue weighted by atomic mass is 10.1. The summed E-state index contributed by atoms with van der Waals surface area (Å²) in [6, 6.07) is 7.21. The predicted octanol–water partition coefficient (Wildman–Crippen LogP) is 2.03. The zero-order chi connectivity index (χ0) is 13.7. The maximum Gasteiger partial charge on any atom is 0.260 e. The Kier molecular flexibility index (Phi) is 5.16. The smallest absolute Gasteiger partial charge is 0.260 e. The monoisotopic (exact) mass is 251 g/mol. The minimum atomic E-state index is -0.559. The quantitative estimate of drug-likeness (QED) is 0.842. The van der Waals surface area contributed by atoms with Crippen LogP contribution >= 0.6 is 0 Å². The largest absolute Gasteiger partial charge is 0.481 e. The number of rotatable bonds is 5. The van der Waals surface area contributed by atoms with Gasteiger partial charge in [0.1, 0.15) is 5.75 Å². The summed E-state index contributed by atoms with van der Waals surface area (Å²) < 4.78 is 5.54. The van der Waals surface area contributed by atoms with Crippen LogP contribution in [0.5, 0.6) is 5.75 Å². The van der Waals surface area contributed by atoms with Gasteiger partial charge < -0.3 is 15.2 Å². The molecule has 4 nitrogen and oxygen atoms in total. The van der Waals surface area contributed by atoms with Gasteiger partial charge in [-0.2, -0.15) is 0 Å². The summed E-state index contributed by atoms with van der Waals surface area (Å²) in [5.74, 6) is 0.437. The molecule has 100 valence electrons. The molecule has 0 bridgehead atoms. The number of carbonyl (C=O) groups is 1. The van der Waals surface area contributed by atoms with Gasteiger partial charge in [-0.05, 0) is 45.4 Å². The molecule has 0 aliphatic rings. The number of hydrogen-bond donors (Lipinski definition) is 2. The Bertz CT molecular complexity index is 402. The van der Waals surface area contributed by atoms with Gasteiger partial charge in [-0.1, -0.05) is 12.1 Å². The number of aliphatic hydroxyl groups is 1. The van der Waals surface area contributed by atoms with E-state index in [2.05, 4.69) is 5.32 Å². The van der Waals surface area contributed by atoms with E-state index in [1.807, 2.05) is 19.9 Å². The molecular weight excluding hydrogens is 230 g/mol. The average Bonchev–Trinajstić information content (AvgIpc) is 2.28. The number of benzene rings is 1. The molecule has 1 unspecified atom stereocenters. The van der Waals surface area contributed by atoms with E-state index >= 15 is 0 Å². The number of ether oxygens (including phenoxy) is 1. The van der Waals surface area contributed by atoms with Crippen molar-refractivity contribution in [1.82, 2.24) is 5.32 Å². The van der Waals surface area contributed by atoms with E-state index < -0.39 is 12.2 Å². The van der Waals surface area contributed by atoms with Crippen LogP contribution in [0.2, 0.25) is 0 Å². The van der Waals surface area contributed by atoms with Gasteiger partial charge in [-0.15, -0.1) is 0 Å². The second-order valence-corrected chi connectivity index (χ2v) is 4.67. The summed E-state index contributed by atoms with van der Waals surface area (Å²) >= 11 is 0. The molecule has 4 heteroatoms. The molecule has 0 aromatic heterocycles. The van der Waals surface area contributed by atoms with E-state index in [9.17, 15) is 9.90 Å². The first-order chi connectivity index (χ1) is 8.40. The lowest BCUT2D eigenvalue weighted by Crippen LogP contribution is -2.40. The molecule has 2 atom stereocenters. The van der Waals surface area contributed by atoms with Crippen molar-refractivity contribution in [3.05, 3.63) is 29.8 Å². The Morgan fingerprint density at radius 2 is 1.94 bits per heavy atom. The van der Waals surface area contributed by atoms with Gasteiger partial charge >= 0.3 is 0 Å². The Labute approximate surface area is 108 Å². The van der Waals surface area contributed by atoms with E-state index in [4.69, 9.17) is 4.74 Å². The van der Waals surface area contributed by atoms with E-state index in [0.29, 0.717) is 5.75 Å². The minimum Gasteiger partial charge on any atom is -0.481 e. The minimum absolute atomic E-state index is 0.0901. The standard InChI is InChI=1S/C14H21NO3/c1-9(2)15-14(17)11(4)18-13-7-5-6-12(8-13)10(3)16/h5-11,16H,1-4H3,(H,15,17)/t10-,11?/m1/s1. The van der Waals surface area contributed by atoms with Crippen molar-refractivity contribution >= 4 is 5.91 Å². The fourth-order valence-electron chi connectivity index (χ4n) is 1.51. The Morgan fingerprint density at radius 3 is 2.50 bits per heavy atom. The molecule has 0 saturated heterocycles. The first-order valence-electron chi connectivity index (χ1n) is 6.15. The number of nitrogens with one attached hydrogen (secondary N) is 1. The first-order valence-corrected chi connectivity index (χ1v) is 6.15. The molecule has 2 N–H and O–H groups in total. The molecule has 1 aromatic carbocycles. The van der Waals surface area contributed by atoms with Crippen molar-refractivity contribution in [3.8, 4) is 5.75 Å². The molecule has 0 aliphatic carbocycles. The third-order valence-electron chi connectivity index (χ3n) is 2.45. The van der Waals surface area contributed by atoms with E-state index in [0.717, 1.165) is 5.56 Å². The molecule has 0 spiro atoms. The van der Waals surface area contributed by atoms with Crippen LogP contribution in [0.15, 0.2) is 24.3 Å². The van der Waals surface area contributed by atoms with Crippen molar-refractivity contribution in [2.24, 2.45) is 0 Å². The van der Waals surface area contributed by atoms with Crippen molar-refractivity contribution in [2.75, 3.05) is 0 Å². The van der Waals surface area contributed by atoms with Crippen LogP contribution in [0.25, 0.3) is 0 Å². The highest BCUT2D eigenvalue weighted by molar-refractivity contribution is 5.80. The van der Waals surface area contributed by atoms with Crippen LogP contribution in [0, 0.1) is 0 Å². The number of amides is 1. The van der Waals surface area contributed by atoms with Crippen molar-refractivity contribution in [1.29, 1.82) is 0 Å². The molecule has 18 heavy (non-hydrogen) atoms. The summed E-state index contributed by atoms with van der Waals surface area (Å²) in [6.07, 6.45) is -1.11. The van der Waals surface area contributed by atoms with Crippen molar-refractivity contribution in [2.45, 2.75) is 45.9 Å². The molecule has 1 amide bonds. The molecular formula is C14H21NO3. The van der Waals surface area contributed by atoms with Gasteiger partial charge in [0.05, 0.1) is 6.10 Å². The third kappa shape index (κ3) is 4.37. The maximum atomic E-state index is 11.7. The number of hydrogen-bond acceptors (Lipinski definition) is 3. The Morgan fingerprint density at radius 1 is 1.28 bits per heavy atom. The topological polar surface area (TPSA) is 58.6 Å². The fourth-order valence-corrected chi connectivity index (χ4v) is 1.51. The molecule has 0 fully saturated rings. The summed E-state index contributed by atoms with van der Waals surface area (Å²) in [4.78, 5) is 11.7. The van der Waals surface area contributed by atoms with Gasteiger partial charge in [-0.25, -0.2) is 0 Å². The van der Waals surface area contributed by atoms with Crippen LogP contribution in [0.3, 0.4) is 0 Å². The van der Waals surface area contributed by atoms with Crippen molar-refractivity contribution < 1.29 is 14.6 Å². The van der Waals surface area contributed by atoms with Crippen LogP contribution < -0.4 is 10.1 Å². The second kappa shape index (κ2) is 6.40. The molecule has 0 radical (unpaired) electrons. The van der Waals surface area contributed by atoms with Crippen LogP contribution in [0.1, 0.15) is 39.4 Å². The zero-order valence-electron chi connectivity index (χ0n) is 11.3. The van der Waals surface area contributed by atoms with Gasteiger partial charge in [0.15, 0.2) is 6.10 Å². The van der Waals surface area contributed by atoms with Crippen LogP contribution in [0.4, 0.5) is 0 Å². The van der Waals surface area contributed by atoms with Gasteiger partial charge in [0, 0.05) is 6.04 Å².